The Bertz CT molecular complexity index is 903. The zero-order chi connectivity index (χ0) is 21.1. The Morgan fingerprint density at radius 1 is 0.967 bits per heavy atom. The summed E-state index contributed by atoms with van der Waals surface area (Å²) in [6, 6.07) is 6.42. The van der Waals surface area contributed by atoms with E-state index in [-0.39, 0.29) is 17.6 Å². The number of halogens is 2. The lowest BCUT2D eigenvalue weighted by Crippen LogP contribution is -2.30. The molecule has 4 rings (SSSR count). The Labute approximate surface area is 179 Å². The minimum absolute atomic E-state index is 0.198. The molecule has 162 valence electrons. The van der Waals surface area contributed by atoms with Gasteiger partial charge in [0.25, 0.3) is 0 Å². The van der Waals surface area contributed by atoms with Crippen LogP contribution in [0.4, 0.5) is 8.78 Å². The maximum atomic E-state index is 15.1. The monoisotopic (exact) mass is 412 g/mol. The first-order valence-corrected chi connectivity index (χ1v) is 11.8. The maximum Gasteiger partial charge on any atom is 0.134 e. The summed E-state index contributed by atoms with van der Waals surface area (Å²) in [6.45, 7) is 4.57. The molecule has 1 nitrogen and oxygen atoms in total. The summed E-state index contributed by atoms with van der Waals surface area (Å²) in [6.07, 6.45) is 13.6. The Balaban J connectivity index is 1.53. The first kappa shape index (κ1) is 21.3. The molecule has 0 radical (unpaired) electrons. The predicted molar refractivity (Wildman–Crippen MR) is 120 cm³/mol. The van der Waals surface area contributed by atoms with Crippen molar-refractivity contribution in [3.8, 4) is 5.75 Å². The standard InChI is InChI=1S/C27H34F2O/c1-3-5-11-30-23-14-22-15-26(28)24(17-25(22)27(29)16-23)21-10-9-19-12-18(6-4-2)7-8-20(19)13-21/h3,5,14-21H,4,6-13H2,1-2H3/b5-3+. The molecule has 0 aromatic heterocycles. The smallest absolute Gasteiger partial charge is 0.134 e. The van der Waals surface area contributed by atoms with Crippen molar-refractivity contribution in [2.75, 3.05) is 6.61 Å². The fourth-order valence-corrected chi connectivity index (χ4v) is 5.91. The molecule has 2 saturated carbocycles. The first-order valence-electron chi connectivity index (χ1n) is 11.8. The molecule has 2 fully saturated rings. The van der Waals surface area contributed by atoms with E-state index in [0.29, 0.717) is 34.6 Å². The molecule has 3 heteroatoms. The normalized spacial score (nSPS) is 26.8. The summed E-state index contributed by atoms with van der Waals surface area (Å²) in [4.78, 5) is 0. The van der Waals surface area contributed by atoms with E-state index in [1.807, 2.05) is 19.1 Å². The minimum Gasteiger partial charge on any atom is -0.489 e. The lowest BCUT2D eigenvalue weighted by atomic mass is 9.63. The van der Waals surface area contributed by atoms with Crippen LogP contribution in [0.25, 0.3) is 10.8 Å². The van der Waals surface area contributed by atoms with Crippen molar-refractivity contribution in [1.82, 2.24) is 0 Å². The molecule has 2 aliphatic carbocycles. The van der Waals surface area contributed by atoms with Gasteiger partial charge in [0.1, 0.15) is 24.0 Å². The number of allylic oxidation sites excluding steroid dienone is 1. The van der Waals surface area contributed by atoms with Crippen molar-refractivity contribution in [2.45, 2.75) is 71.1 Å². The Kier molecular flexibility index (Phi) is 6.75. The van der Waals surface area contributed by atoms with Gasteiger partial charge in [0.05, 0.1) is 0 Å². The zero-order valence-corrected chi connectivity index (χ0v) is 18.3. The third kappa shape index (κ3) is 4.55. The summed E-state index contributed by atoms with van der Waals surface area (Å²) in [5, 5.41) is 1.07. The van der Waals surface area contributed by atoms with Crippen molar-refractivity contribution >= 4 is 10.8 Å². The van der Waals surface area contributed by atoms with Crippen LogP contribution in [0.1, 0.15) is 76.7 Å². The van der Waals surface area contributed by atoms with Crippen molar-refractivity contribution in [3.63, 3.8) is 0 Å². The highest BCUT2D eigenvalue weighted by molar-refractivity contribution is 5.85. The van der Waals surface area contributed by atoms with Gasteiger partial charge in [0.2, 0.25) is 0 Å². The van der Waals surface area contributed by atoms with Gasteiger partial charge in [0.15, 0.2) is 0 Å². The SMILES string of the molecule is C/C=C/COc1cc(F)c2cc(C3CCC4CC(CCC)CCC4C3)c(F)cc2c1. The summed E-state index contributed by atoms with van der Waals surface area (Å²) in [5.41, 5.74) is 0.707. The third-order valence-electron chi connectivity index (χ3n) is 7.43. The van der Waals surface area contributed by atoms with Crippen LogP contribution in [0.2, 0.25) is 0 Å². The number of ether oxygens (including phenoxy) is 1. The fraction of sp³-hybridized carbons (Fsp3) is 0.556. The molecule has 30 heavy (non-hydrogen) atoms. The third-order valence-corrected chi connectivity index (χ3v) is 7.43. The molecule has 0 amide bonds. The maximum absolute atomic E-state index is 15.1. The van der Waals surface area contributed by atoms with Crippen molar-refractivity contribution in [3.05, 3.63) is 53.6 Å². The second kappa shape index (κ2) is 9.49. The summed E-state index contributed by atoms with van der Waals surface area (Å²) < 4.78 is 35.4. The summed E-state index contributed by atoms with van der Waals surface area (Å²) >= 11 is 0. The van der Waals surface area contributed by atoms with E-state index < -0.39 is 0 Å². The van der Waals surface area contributed by atoms with Gasteiger partial charge in [-0.2, -0.15) is 0 Å². The van der Waals surface area contributed by atoms with Gasteiger partial charge in [-0.25, -0.2) is 8.78 Å². The van der Waals surface area contributed by atoms with Crippen LogP contribution in [0.5, 0.6) is 5.75 Å². The molecule has 0 N–H and O–H groups in total. The summed E-state index contributed by atoms with van der Waals surface area (Å²) in [5.74, 6) is 2.53. The van der Waals surface area contributed by atoms with Crippen LogP contribution in [-0.4, -0.2) is 6.61 Å². The molecule has 2 aliphatic rings. The van der Waals surface area contributed by atoms with E-state index in [0.717, 1.165) is 24.7 Å². The topological polar surface area (TPSA) is 9.23 Å². The molecule has 0 saturated heterocycles. The zero-order valence-electron chi connectivity index (χ0n) is 18.3. The molecule has 4 unspecified atom stereocenters. The molecule has 0 spiro atoms. The quantitative estimate of drug-likeness (QED) is 0.435. The van der Waals surface area contributed by atoms with Crippen LogP contribution >= 0.6 is 0 Å². The second-order valence-corrected chi connectivity index (χ2v) is 9.38. The molecular formula is C27H34F2O. The van der Waals surface area contributed by atoms with Crippen LogP contribution in [-0.2, 0) is 0 Å². The van der Waals surface area contributed by atoms with Gasteiger partial charge in [-0.3, -0.25) is 0 Å². The van der Waals surface area contributed by atoms with E-state index in [2.05, 4.69) is 6.92 Å². The Morgan fingerprint density at radius 3 is 2.57 bits per heavy atom. The predicted octanol–water partition coefficient (Wildman–Crippen LogP) is 8.17. The second-order valence-electron chi connectivity index (χ2n) is 9.38. The molecular weight excluding hydrogens is 378 g/mol. The van der Waals surface area contributed by atoms with E-state index in [1.165, 1.54) is 50.7 Å². The Morgan fingerprint density at radius 2 is 1.77 bits per heavy atom. The van der Waals surface area contributed by atoms with Crippen molar-refractivity contribution in [2.24, 2.45) is 17.8 Å². The number of benzene rings is 2. The van der Waals surface area contributed by atoms with Gasteiger partial charge in [-0.15, -0.1) is 0 Å². The highest BCUT2D eigenvalue weighted by Gasteiger charge is 2.36. The molecule has 4 atom stereocenters. The number of fused-ring (bicyclic) bond motifs is 2. The molecule has 0 heterocycles. The van der Waals surface area contributed by atoms with Crippen LogP contribution in [0, 0.1) is 29.4 Å². The highest BCUT2D eigenvalue weighted by Crippen LogP contribution is 2.49. The average molecular weight is 413 g/mol. The molecule has 0 aliphatic heterocycles. The number of rotatable bonds is 6. The van der Waals surface area contributed by atoms with Gasteiger partial charge in [-0.1, -0.05) is 38.3 Å². The molecule has 0 bridgehead atoms. The fourth-order valence-electron chi connectivity index (χ4n) is 5.91. The van der Waals surface area contributed by atoms with Gasteiger partial charge in [0, 0.05) is 11.5 Å². The average Bonchev–Trinajstić information content (AvgIpc) is 2.73. The first-order chi connectivity index (χ1) is 14.6. The van der Waals surface area contributed by atoms with Crippen molar-refractivity contribution < 1.29 is 13.5 Å². The van der Waals surface area contributed by atoms with Crippen molar-refractivity contribution in [1.29, 1.82) is 0 Å². The lowest BCUT2D eigenvalue weighted by molar-refractivity contribution is 0.113. The van der Waals surface area contributed by atoms with Crippen LogP contribution in [0.15, 0.2) is 36.4 Å². The summed E-state index contributed by atoms with van der Waals surface area (Å²) in [7, 11) is 0. The van der Waals surface area contributed by atoms with E-state index in [9.17, 15) is 4.39 Å². The lowest BCUT2D eigenvalue weighted by Gasteiger charge is -2.42. The van der Waals surface area contributed by atoms with E-state index >= 15 is 4.39 Å². The van der Waals surface area contributed by atoms with E-state index in [4.69, 9.17) is 4.74 Å². The molecule has 2 aromatic rings. The van der Waals surface area contributed by atoms with Crippen LogP contribution in [0.3, 0.4) is 0 Å². The molecule has 2 aromatic carbocycles. The van der Waals surface area contributed by atoms with E-state index in [1.54, 1.807) is 12.1 Å². The Hall–Kier alpha value is -1.90. The minimum atomic E-state index is -0.335. The van der Waals surface area contributed by atoms with Gasteiger partial charge < -0.3 is 4.74 Å². The largest absolute Gasteiger partial charge is 0.489 e. The van der Waals surface area contributed by atoms with Crippen LogP contribution < -0.4 is 4.74 Å². The number of hydrogen-bond acceptors (Lipinski definition) is 1. The number of hydrogen-bond donors (Lipinski definition) is 0. The van der Waals surface area contributed by atoms with Gasteiger partial charge in [-0.05, 0) is 91.8 Å². The highest BCUT2D eigenvalue weighted by atomic mass is 19.1. The van der Waals surface area contributed by atoms with Gasteiger partial charge >= 0.3 is 0 Å².